The Morgan fingerprint density at radius 1 is 1.42 bits per heavy atom. The van der Waals surface area contributed by atoms with Crippen LogP contribution in [0.15, 0.2) is 24.3 Å². The highest BCUT2D eigenvalue weighted by Gasteiger charge is 2.07. The highest BCUT2D eigenvalue weighted by molar-refractivity contribution is 5.94. The molecule has 4 N–H and O–H groups in total. The Labute approximate surface area is 113 Å². The average molecular weight is 266 g/mol. The molecule has 106 valence electrons. The van der Waals surface area contributed by atoms with E-state index in [0.29, 0.717) is 25.1 Å². The van der Waals surface area contributed by atoms with Crippen molar-refractivity contribution < 1.29 is 14.6 Å². The maximum absolute atomic E-state index is 11.8. The van der Waals surface area contributed by atoms with Crippen molar-refractivity contribution >= 4 is 5.91 Å². The van der Waals surface area contributed by atoms with E-state index in [1.807, 2.05) is 12.1 Å². The van der Waals surface area contributed by atoms with Crippen LogP contribution in [0.1, 0.15) is 22.3 Å². The number of hydrogen-bond donors (Lipinski definition) is 3. The van der Waals surface area contributed by atoms with Crippen LogP contribution in [0.3, 0.4) is 0 Å². The van der Waals surface area contributed by atoms with Crippen molar-refractivity contribution in [1.29, 1.82) is 0 Å². The van der Waals surface area contributed by atoms with Gasteiger partial charge in [-0.2, -0.15) is 0 Å². The zero-order valence-electron chi connectivity index (χ0n) is 11.3. The molecular weight excluding hydrogens is 244 g/mol. The monoisotopic (exact) mass is 266 g/mol. The Balaban J connectivity index is 2.36. The van der Waals surface area contributed by atoms with Crippen molar-refractivity contribution in [3.63, 3.8) is 0 Å². The lowest BCUT2D eigenvalue weighted by Crippen LogP contribution is -2.28. The first-order chi connectivity index (χ1) is 9.17. The average Bonchev–Trinajstić information content (AvgIpc) is 2.40. The summed E-state index contributed by atoms with van der Waals surface area (Å²) in [7, 11) is 1.53. The van der Waals surface area contributed by atoms with E-state index in [1.165, 1.54) is 7.11 Å². The van der Waals surface area contributed by atoms with Crippen LogP contribution in [0.5, 0.6) is 0 Å². The number of carbonyl (C=O) groups is 1. The largest absolute Gasteiger partial charge is 0.391 e. The molecule has 0 aliphatic rings. The first kappa shape index (κ1) is 15.6. The second kappa shape index (κ2) is 8.63. The lowest BCUT2D eigenvalue weighted by Gasteiger charge is -2.10. The molecule has 0 fully saturated rings. The minimum Gasteiger partial charge on any atom is -0.391 e. The maximum atomic E-state index is 11.8. The van der Waals surface area contributed by atoms with Crippen LogP contribution in [-0.2, 0) is 11.2 Å². The minimum atomic E-state index is -0.544. The summed E-state index contributed by atoms with van der Waals surface area (Å²) in [4.78, 5) is 11.8. The molecule has 0 radical (unpaired) electrons. The second-order valence-electron chi connectivity index (χ2n) is 4.39. The van der Waals surface area contributed by atoms with Crippen LogP contribution in [0.2, 0.25) is 0 Å². The third-order valence-corrected chi connectivity index (χ3v) is 2.77. The molecule has 1 rings (SSSR count). The topological polar surface area (TPSA) is 84.6 Å². The van der Waals surface area contributed by atoms with Gasteiger partial charge >= 0.3 is 0 Å². The molecule has 5 heteroatoms. The molecule has 0 aliphatic carbocycles. The summed E-state index contributed by atoms with van der Waals surface area (Å²) in [5.74, 6) is -0.135. The van der Waals surface area contributed by atoms with E-state index in [0.717, 1.165) is 12.0 Å². The summed E-state index contributed by atoms with van der Waals surface area (Å²) in [6.07, 6.45) is 0.743. The molecule has 1 aromatic carbocycles. The molecule has 0 heterocycles. The number of nitrogens with one attached hydrogen (secondary N) is 1. The van der Waals surface area contributed by atoms with Crippen molar-refractivity contribution in [2.45, 2.75) is 18.9 Å². The van der Waals surface area contributed by atoms with Crippen LogP contribution in [0, 0.1) is 0 Å². The lowest BCUT2D eigenvalue weighted by molar-refractivity contribution is 0.0587. The smallest absolute Gasteiger partial charge is 0.251 e. The first-order valence-electron chi connectivity index (χ1n) is 6.41. The van der Waals surface area contributed by atoms with Crippen LogP contribution in [-0.4, -0.2) is 43.9 Å². The Morgan fingerprint density at radius 3 is 2.68 bits per heavy atom. The predicted molar refractivity (Wildman–Crippen MR) is 74.0 cm³/mol. The summed E-state index contributed by atoms with van der Waals surface area (Å²) in [5.41, 5.74) is 7.20. The number of benzene rings is 1. The van der Waals surface area contributed by atoms with E-state index >= 15 is 0 Å². The molecule has 1 amide bonds. The fourth-order valence-electron chi connectivity index (χ4n) is 1.72. The van der Waals surface area contributed by atoms with Gasteiger partial charge in [0.05, 0.1) is 12.7 Å². The van der Waals surface area contributed by atoms with Gasteiger partial charge in [0.25, 0.3) is 5.91 Å². The summed E-state index contributed by atoms with van der Waals surface area (Å²) in [6, 6.07) is 7.38. The number of rotatable bonds is 8. The Kier molecular flexibility index (Phi) is 7.10. The number of methoxy groups -OCH3 is 1. The molecule has 1 unspecified atom stereocenters. The standard InChI is InChI=1S/C14H22N2O3/c1-19-10-13(17)7-9-16-14(18)12-4-2-11(3-5-12)6-8-15/h2-5,13,17H,6-10,15H2,1H3,(H,16,18). The fourth-order valence-corrected chi connectivity index (χ4v) is 1.72. The van der Waals surface area contributed by atoms with Gasteiger partial charge < -0.3 is 20.9 Å². The van der Waals surface area contributed by atoms with E-state index in [9.17, 15) is 9.90 Å². The molecule has 19 heavy (non-hydrogen) atoms. The molecule has 0 aliphatic heterocycles. The van der Waals surface area contributed by atoms with Crippen LogP contribution in [0.4, 0.5) is 0 Å². The van der Waals surface area contributed by atoms with Gasteiger partial charge in [-0.05, 0) is 37.1 Å². The van der Waals surface area contributed by atoms with E-state index in [2.05, 4.69) is 5.32 Å². The highest BCUT2D eigenvalue weighted by atomic mass is 16.5. The fraction of sp³-hybridized carbons (Fsp3) is 0.500. The van der Waals surface area contributed by atoms with Gasteiger partial charge in [-0.25, -0.2) is 0 Å². The highest BCUT2D eigenvalue weighted by Crippen LogP contribution is 2.05. The van der Waals surface area contributed by atoms with Gasteiger partial charge in [0.15, 0.2) is 0 Å². The third kappa shape index (κ3) is 5.83. The number of amides is 1. The molecule has 1 aromatic rings. The van der Waals surface area contributed by atoms with Gasteiger partial charge in [0.1, 0.15) is 0 Å². The summed E-state index contributed by atoms with van der Waals surface area (Å²) in [5, 5.41) is 12.2. The van der Waals surface area contributed by atoms with E-state index in [1.54, 1.807) is 12.1 Å². The zero-order chi connectivity index (χ0) is 14.1. The molecular formula is C14H22N2O3. The first-order valence-corrected chi connectivity index (χ1v) is 6.41. The Bertz CT molecular complexity index is 379. The van der Waals surface area contributed by atoms with Crippen molar-refractivity contribution in [3.8, 4) is 0 Å². The van der Waals surface area contributed by atoms with Crippen molar-refractivity contribution in [1.82, 2.24) is 5.32 Å². The third-order valence-electron chi connectivity index (χ3n) is 2.77. The number of carbonyl (C=O) groups excluding carboxylic acids is 1. The van der Waals surface area contributed by atoms with Crippen molar-refractivity contribution in [3.05, 3.63) is 35.4 Å². The number of ether oxygens (including phenoxy) is 1. The summed E-state index contributed by atoms with van der Waals surface area (Å²) < 4.78 is 4.81. The lowest BCUT2D eigenvalue weighted by atomic mass is 10.1. The Hall–Kier alpha value is -1.43. The predicted octanol–water partition coefficient (Wildman–Crippen LogP) is 0.315. The van der Waals surface area contributed by atoms with Crippen LogP contribution < -0.4 is 11.1 Å². The van der Waals surface area contributed by atoms with Crippen LogP contribution >= 0.6 is 0 Å². The molecule has 0 aromatic heterocycles. The van der Waals surface area contributed by atoms with Gasteiger partial charge in [-0.15, -0.1) is 0 Å². The number of hydrogen-bond acceptors (Lipinski definition) is 4. The molecule has 0 spiro atoms. The van der Waals surface area contributed by atoms with Gasteiger partial charge in [0.2, 0.25) is 0 Å². The second-order valence-corrected chi connectivity index (χ2v) is 4.39. The Morgan fingerprint density at radius 2 is 2.11 bits per heavy atom. The SMILES string of the molecule is COCC(O)CCNC(=O)c1ccc(CCN)cc1. The zero-order valence-corrected chi connectivity index (χ0v) is 11.3. The summed E-state index contributed by atoms with van der Waals surface area (Å²) in [6.45, 7) is 1.31. The van der Waals surface area contributed by atoms with E-state index in [-0.39, 0.29) is 12.5 Å². The van der Waals surface area contributed by atoms with Gasteiger partial charge in [-0.3, -0.25) is 4.79 Å². The van der Waals surface area contributed by atoms with Crippen molar-refractivity contribution in [2.24, 2.45) is 5.73 Å². The molecule has 0 saturated heterocycles. The number of aliphatic hydroxyl groups excluding tert-OH is 1. The van der Waals surface area contributed by atoms with Gasteiger partial charge in [-0.1, -0.05) is 12.1 Å². The minimum absolute atomic E-state index is 0.135. The van der Waals surface area contributed by atoms with E-state index < -0.39 is 6.10 Å². The number of nitrogens with two attached hydrogens (primary N) is 1. The van der Waals surface area contributed by atoms with E-state index in [4.69, 9.17) is 10.5 Å². The van der Waals surface area contributed by atoms with Crippen molar-refractivity contribution in [2.75, 3.05) is 26.8 Å². The number of aliphatic hydroxyl groups is 1. The quantitative estimate of drug-likeness (QED) is 0.632. The maximum Gasteiger partial charge on any atom is 0.251 e. The molecule has 0 saturated carbocycles. The molecule has 5 nitrogen and oxygen atoms in total. The van der Waals surface area contributed by atoms with Crippen LogP contribution in [0.25, 0.3) is 0 Å². The molecule has 1 atom stereocenters. The summed E-state index contributed by atoms with van der Waals surface area (Å²) >= 11 is 0. The normalized spacial score (nSPS) is 12.2. The molecule has 0 bridgehead atoms. The van der Waals surface area contributed by atoms with Gasteiger partial charge in [0, 0.05) is 19.2 Å².